The number of hydrogen-bond donors (Lipinski definition) is 0. The SMILES string of the molecule is Cc1cc2c(-c3cc(-c4ccccc4)c4ccc5c(-c6ccccc6)ccnc5c4n3)cccc2c2ccccc12. The summed E-state index contributed by atoms with van der Waals surface area (Å²) >= 11 is 0. The summed E-state index contributed by atoms with van der Waals surface area (Å²) in [5.41, 5.74) is 9.87. The van der Waals surface area contributed by atoms with Crippen LogP contribution < -0.4 is 0 Å². The molecule has 192 valence electrons. The van der Waals surface area contributed by atoms with Crippen molar-refractivity contribution in [3.63, 3.8) is 0 Å². The first kappa shape index (κ1) is 23.5. The van der Waals surface area contributed by atoms with Gasteiger partial charge in [0.2, 0.25) is 0 Å². The Balaban J connectivity index is 1.48. The second-order valence-electron chi connectivity index (χ2n) is 10.6. The molecule has 0 amide bonds. The molecule has 0 atom stereocenters. The zero-order valence-corrected chi connectivity index (χ0v) is 22.7. The van der Waals surface area contributed by atoms with Crippen LogP contribution in [0.2, 0.25) is 0 Å². The van der Waals surface area contributed by atoms with Gasteiger partial charge in [0.25, 0.3) is 0 Å². The molecule has 0 spiro atoms. The van der Waals surface area contributed by atoms with Gasteiger partial charge in [0.05, 0.1) is 16.7 Å². The Morgan fingerprint density at radius 2 is 1.02 bits per heavy atom. The lowest BCUT2D eigenvalue weighted by molar-refractivity contribution is 1.37. The van der Waals surface area contributed by atoms with E-state index in [-0.39, 0.29) is 0 Å². The Hall–Kier alpha value is -5.34. The Bertz CT molecular complexity index is 2250. The highest BCUT2D eigenvalue weighted by Gasteiger charge is 2.17. The second-order valence-corrected chi connectivity index (χ2v) is 10.6. The molecule has 0 bridgehead atoms. The van der Waals surface area contributed by atoms with Gasteiger partial charge in [-0.05, 0) is 68.4 Å². The molecule has 0 N–H and O–H groups in total. The van der Waals surface area contributed by atoms with Crippen molar-refractivity contribution in [3.8, 4) is 33.5 Å². The maximum Gasteiger partial charge on any atom is 0.0978 e. The molecular weight excluding hydrogens is 496 g/mol. The van der Waals surface area contributed by atoms with Gasteiger partial charge in [-0.25, -0.2) is 4.98 Å². The second kappa shape index (κ2) is 9.39. The molecular formula is C39H26N2. The normalized spacial score (nSPS) is 11.5. The van der Waals surface area contributed by atoms with Crippen molar-refractivity contribution in [1.29, 1.82) is 0 Å². The van der Waals surface area contributed by atoms with Crippen molar-refractivity contribution >= 4 is 43.4 Å². The fourth-order valence-corrected chi connectivity index (χ4v) is 6.30. The average Bonchev–Trinajstić information content (AvgIpc) is 3.04. The molecule has 2 heterocycles. The summed E-state index contributed by atoms with van der Waals surface area (Å²) in [5.74, 6) is 0. The highest BCUT2D eigenvalue weighted by molar-refractivity contribution is 6.15. The third-order valence-electron chi connectivity index (χ3n) is 8.24. The molecule has 0 radical (unpaired) electrons. The van der Waals surface area contributed by atoms with Crippen molar-refractivity contribution in [2.24, 2.45) is 0 Å². The minimum atomic E-state index is 0.921. The molecule has 2 heteroatoms. The first-order valence-electron chi connectivity index (χ1n) is 14.0. The third kappa shape index (κ3) is 3.80. The van der Waals surface area contributed by atoms with Crippen LogP contribution in [0.15, 0.2) is 140 Å². The van der Waals surface area contributed by atoms with E-state index in [1.54, 1.807) is 0 Å². The van der Waals surface area contributed by atoms with Crippen LogP contribution in [0.3, 0.4) is 0 Å². The van der Waals surface area contributed by atoms with Gasteiger partial charge in [-0.2, -0.15) is 0 Å². The number of fused-ring (bicyclic) bond motifs is 6. The largest absolute Gasteiger partial charge is 0.254 e. The Morgan fingerprint density at radius 1 is 0.415 bits per heavy atom. The fourth-order valence-electron chi connectivity index (χ4n) is 6.30. The van der Waals surface area contributed by atoms with Gasteiger partial charge >= 0.3 is 0 Å². The minimum Gasteiger partial charge on any atom is -0.254 e. The lowest BCUT2D eigenvalue weighted by Gasteiger charge is -2.15. The van der Waals surface area contributed by atoms with Gasteiger partial charge in [-0.15, -0.1) is 0 Å². The smallest absolute Gasteiger partial charge is 0.0978 e. The topological polar surface area (TPSA) is 25.8 Å². The number of rotatable bonds is 3. The van der Waals surface area contributed by atoms with Crippen LogP contribution in [-0.2, 0) is 0 Å². The lowest BCUT2D eigenvalue weighted by Crippen LogP contribution is -1.94. The van der Waals surface area contributed by atoms with Crippen LogP contribution >= 0.6 is 0 Å². The van der Waals surface area contributed by atoms with Gasteiger partial charge in [-0.1, -0.05) is 121 Å². The lowest BCUT2D eigenvalue weighted by atomic mass is 9.92. The molecule has 0 aliphatic carbocycles. The summed E-state index contributed by atoms with van der Waals surface area (Å²) in [6.07, 6.45) is 1.91. The zero-order chi connectivity index (χ0) is 27.3. The van der Waals surface area contributed by atoms with Gasteiger partial charge < -0.3 is 0 Å². The van der Waals surface area contributed by atoms with Crippen molar-refractivity contribution in [2.45, 2.75) is 6.92 Å². The summed E-state index contributed by atoms with van der Waals surface area (Å²) < 4.78 is 0. The van der Waals surface area contributed by atoms with Crippen LogP contribution in [0.25, 0.3) is 76.9 Å². The first-order valence-corrected chi connectivity index (χ1v) is 14.0. The maximum atomic E-state index is 5.39. The monoisotopic (exact) mass is 522 g/mol. The van der Waals surface area contributed by atoms with E-state index in [2.05, 4.69) is 140 Å². The number of benzene rings is 6. The molecule has 2 nitrogen and oxygen atoms in total. The predicted octanol–water partition coefficient (Wildman–Crippen LogP) is 10.4. The van der Waals surface area contributed by atoms with E-state index < -0.39 is 0 Å². The maximum absolute atomic E-state index is 5.39. The van der Waals surface area contributed by atoms with Crippen LogP contribution in [0.4, 0.5) is 0 Å². The summed E-state index contributed by atoms with van der Waals surface area (Å²) in [6.45, 7) is 2.20. The standard InChI is InChI=1S/C39H26N2/c1-25-23-36-31(30-16-9-8-15-28(25)30)17-10-18-32(36)37-24-35(27-13-6-3-7-14-27)34-20-19-33-29(26-11-4-2-5-12-26)21-22-40-38(33)39(34)41-37/h2-24H,1H3. The molecule has 6 aromatic carbocycles. The minimum absolute atomic E-state index is 0.921. The highest BCUT2D eigenvalue weighted by atomic mass is 14.8. The molecule has 41 heavy (non-hydrogen) atoms. The molecule has 8 rings (SSSR count). The summed E-state index contributed by atoms with van der Waals surface area (Å²) in [7, 11) is 0. The van der Waals surface area contributed by atoms with Crippen molar-refractivity contribution in [1.82, 2.24) is 9.97 Å². The molecule has 0 aliphatic heterocycles. The number of nitrogens with zero attached hydrogens (tertiary/aromatic N) is 2. The van der Waals surface area contributed by atoms with Crippen LogP contribution in [0.5, 0.6) is 0 Å². The van der Waals surface area contributed by atoms with Gasteiger partial charge in [-0.3, -0.25) is 4.98 Å². The van der Waals surface area contributed by atoms with E-state index in [0.29, 0.717) is 0 Å². The quantitative estimate of drug-likeness (QED) is 0.216. The summed E-state index contributed by atoms with van der Waals surface area (Å²) in [5, 5.41) is 7.23. The number of aromatic nitrogens is 2. The van der Waals surface area contributed by atoms with Crippen molar-refractivity contribution in [3.05, 3.63) is 145 Å². The Kier molecular flexibility index (Phi) is 5.39. The summed E-state index contributed by atoms with van der Waals surface area (Å²) in [4.78, 5) is 10.3. The Labute approximate surface area is 238 Å². The molecule has 8 aromatic rings. The molecule has 0 saturated carbocycles. The van der Waals surface area contributed by atoms with Gasteiger partial charge in [0.1, 0.15) is 0 Å². The fraction of sp³-hybridized carbons (Fsp3) is 0.0256. The number of aryl methyl sites for hydroxylation is 1. The van der Waals surface area contributed by atoms with Crippen molar-refractivity contribution in [2.75, 3.05) is 0 Å². The number of pyridine rings is 2. The average molecular weight is 523 g/mol. The molecule has 2 aromatic heterocycles. The van der Waals surface area contributed by atoms with Gasteiger partial charge in [0, 0.05) is 22.5 Å². The van der Waals surface area contributed by atoms with E-state index in [1.807, 2.05) is 6.20 Å². The van der Waals surface area contributed by atoms with E-state index >= 15 is 0 Å². The van der Waals surface area contributed by atoms with E-state index in [9.17, 15) is 0 Å². The highest BCUT2D eigenvalue weighted by Crippen LogP contribution is 2.40. The molecule has 0 fully saturated rings. The van der Waals surface area contributed by atoms with Crippen molar-refractivity contribution < 1.29 is 0 Å². The van der Waals surface area contributed by atoms with E-state index in [1.165, 1.54) is 43.8 Å². The molecule has 0 aliphatic rings. The molecule has 0 saturated heterocycles. The molecule has 0 unspecified atom stereocenters. The van der Waals surface area contributed by atoms with Crippen LogP contribution in [-0.4, -0.2) is 9.97 Å². The van der Waals surface area contributed by atoms with Crippen LogP contribution in [0, 0.1) is 6.92 Å². The zero-order valence-electron chi connectivity index (χ0n) is 22.7. The first-order chi connectivity index (χ1) is 20.3. The third-order valence-corrected chi connectivity index (χ3v) is 8.24. The van der Waals surface area contributed by atoms with E-state index in [4.69, 9.17) is 9.97 Å². The van der Waals surface area contributed by atoms with Crippen LogP contribution in [0.1, 0.15) is 5.56 Å². The Morgan fingerprint density at radius 3 is 1.78 bits per heavy atom. The summed E-state index contributed by atoms with van der Waals surface area (Å²) in [6, 6.07) is 47.5. The van der Waals surface area contributed by atoms with Gasteiger partial charge in [0.15, 0.2) is 0 Å². The van der Waals surface area contributed by atoms with E-state index in [0.717, 1.165) is 38.6 Å². The number of hydrogen-bond acceptors (Lipinski definition) is 2. The predicted molar refractivity (Wildman–Crippen MR) is 173 cm³/mol.